The van der Waals surface area contributed by atoms with Gasteiger partial charge in [-0.05, 0) is 55.7 Å². The second-order valence-corrected chi connectivity index (χ2v) is 9.97. The molecule has 1 aliphatic heterocycles. The van der Waals surface area contributed by atoms with Crippen LogP contribution in [0.25, 0.3) is 0 Å². The van der Waals surface area contributed by atoms with Crippen LogP contribution in [0, 0.1) is 6.92 Å². The van der Waals surface area contributed by atoms with Crippen molar-refractivity contribution in [2.24, 2.45) is 0 Å². The summed E-state index contributed by atoms with van der Waals surface area (Å²) in [5.74, 6) is -0.449. The maximum atomic E-state index is 13.0. The number of carbonyl (C=O) groups excluding carboxylic acids is 2. The minimum atomic E-state index is -3.95. The number of hydrogen-bond acceptors (Lipinski definition) is 4. The molecule has 0 radical (unpaired) electrons. The zero-order valence-electron chi connectivity index (χ0n) is 17.1. The number of halogens is 2. The van der Waals surface area contributed by atoms with E-state index in [-0.39, 0.29) is 33.3 Å². The van der Waals surface area contributed by atoms with Gasteiger partial charge in [-0.15, -0.1) is 0 Å². The van der Waals surface area contributed by atoms with E-state index in [1.54, 1.807) is 17.0 Å². The van der Waals surface area contributed by atoms with Crippen LogP contribution < -0.4 is 10.0 Å². The van der Waals surface area contributed by atoms with E-state index in [0.29, 0.717) is 36.6 Å². The first-order valence-electron chi connectivity index (χ1n) is 9.72. The van der Waals surface area contributed by atoms with E-state index < -0.39 is 10.0 Å². The predicted octanol–water partition coefficient (Wildman–Crippen LogP) is 3.84. The smallest absolute Gasteiger partial charge is 0.261 e. The third kappa shape index (κ3) is 5.70. The van der Waals surface area contributed by atoms with Crippen molar-refractivity contribution in [1.82, 2.24) is 10.2 Å². The highest BCUT2D eigenvalue weighted by Gasteiger charge is 2.26. The lowest BCUT2D eigenvalue weighted by molar-refractivity contribution is -0.119. The van der Waals surface area contributed by atoms with Crippen molar-refractivity contribution in [2.75, 3.05) is 17.8 Å². The maximum Gasteiger partial charge on any atom is 0.261 e. The summed E-state index contributed by atoms with van der Waals surface area (Å²) in [5.41, 5.74) is 1.26. The first-order chi connectivity index (χ1) is 14.6. The molecule has 0 unspecified atom stereocenters. The van der Waals surface area contributed by atoms with E-state index >= 15 is 0 Å². The number of piperidine rings is 1. The number of sulfonamides is 1. The molecule has 1 fully saturated rings. The molecule has 2 N–H and O–H groups in total. The van der Waals surface area contributed by atoms with E-state index in [9.17, 15) is 18.0 Å². The molecule has 0 spiro atoms. The molecule has 10 heteroatoms. The fourth-order valence-corrected chi connectivity index (χ4v) is 4.84. The van der Waals surface area contributed by atoms with Crippen molar-refractivity contribution in [3.05, 3.63) is 57.6 Å². The third-order valence-electron chi connectivity index (χ3n) is 5.09. The van der Waals surface area contributed by atoms with Crippen LogP contribution in [0.4, 0.5) is 5.69 Å². The number of anilines is 1. The molecule has 7 nitrogen and oxygen atoms in total. The number of carbonyl (C=O) groups is 2. The van der Waals surface area contributed by atoms with Gasteiger partial charge in [0.15, 0.2) is 0 Å². The van der Waals surface area contributed by atoms with Crippen molar-refractivity contribution in [3.63, 3.8) is 0 Å². The molecule has 1 heterocycles. The van der Waals surface area contributed by atoms with Crippen LogP contribution in [0.5, 0.6) is 0 Å². The summed E-state index contributed by atoms with van der Waals surface area (Å²) in [5, 5.41) is 3.46. The fourth-order valence-electron chi connectivity index (χ4n) is 3.39. The normalized spacial score (nSPS) is 14.9. The molecule has 0 aromatic heterocycles. The molecular weight excluding hydrogens is 461 g/mol. The Kier molecular flexibility index (Phi) is 7.13. The Morgan fingerprint density at radius 2 is 1.71 bits per heavy atom. The molecule has 0 saturated carbocycles. The number of benzene rings is 2. The topological polar surface area (TPSA) is 95.6 Å². The number of amides is 2. The van der Waals surface area contributed by atoms with Gasteiger partial charge in [0.1, 0.15) is 0 Å². The highest BCUT2D eigenvalue weighted by atomic mass is 35.5. The average molecular weight is 484 g/mol. The molecule has 0 atom stereocenters. The summed E-state index contributed by atoms with van der Waals surface area (Å²) in [6.07, 6.45) is 1.24. The van der Waals surface area contributed by atoms with Gasteiger partial charge < -0.3 is 10.2 Å². The first-order valence-corrected chi connectivity index (χ1v) is 12.0. The van der Waals surface area contributed by atoms with Gasteiger partial charge in [-0.3, -0.25) is 14.3 Å². The molecule has 31 heavy (non-hydrogen) atoms. The summed E-state index contributed by atoms with van der Waals surface area (Å²) in [7, 11) is -3.95. The van der Waals surface area contributed by atoms with E-state index in [1.165, 1.54) is 31.2 Å². The Hall–Kier alpha value is -2.29. The van der Waals surface area contributed by atoms with E-state index in [0.717, 1.165) is 5.56 Å². The molecule has 0 bridgehead atoms. The summed E-state index contributed by atoms with van der Waals surface area (Å²) < 4.78 is 28.2. The van der Waals surface area contributed by atoms with Gasteiger partial charge in [0.25, 0.3) is 15.9 Å². The molecule has 1 aliphatic rings. The Balaban J connectivity index is 1.78. The van der Waals surface area contributed by atoms with Crippen LogP contribution >= 0.6 is 23.2 Å². The van der Waals surface area contributed by atoms with Crippen LogP contribution in [0.3, 0.4) is 0 Å². The van der Waals surface area contributed by atoms with E-state index in [1.807, 2.05) is 6.92 Å². The third-order valence-corrected chi connectivity index (χ3v) is 7.21. The minimum Gasteiger partial charge on any atom is -0.353 e. The van der Waals surface area contributed by atoms with Crippen molar-refractivity contribution in [2.45, 2.75) is 37.6 Å². The Bertz CT molecular complexity index is 1110. The van der Waals surface area contributed by atoms with Crippen LogP contribution in [-0.2, 0) is 14.8 Å². The SMILES string of the molecule is CC(=O)NC1CCN(C(=O)c2cc(S(=O)(=O)Nc3ccc(C)c(Cl)c3)ccc2Cl)CC1. The number of aryl methyl sites for hydroxylation is 1. The van der Waals surface area contributed by atoms with Gasteiger partial charge in [-0.1, -0.05) is 29.3 Å². The quantitative estimate of drug-likeness (QED) is 0.674. The zero-order valence-corrected chi connectivity index (χ0v) is 19.4. The van der Waals surface area contributed by atoms with Gasteiger partial charge in [-0.2, -0.15) is 0 Å². The number of hydrogen-bond donors (Lipinski definition) is 2. The average Bonchev–Trinajstić information content (AvgIpc) is 2.70. The van der Waals surface area contributed by atoms with Crippen LogP contribution in [0.15, 0.2) is 41.3 Å². The monoisotopic (exact) mass is 483 g/mol. The van der Waals surface area contributed by atoms with Crippen LogP contribution in [0.2, 0.25) is 10.0 Å². The largest absolute Gasteiger partial charge is 0.353 e. The molecule has 1 saturated heterocycles. The molecule has 0 aliphatic carbocycles. The van der Waals surface area contributed by atoms with Crippen molar-refractivity contribution in [1.29, 1.82) is 0 Å². The summed E-state index contributed by atoms with van der Waals surface area (Å²) in [4.78, 5) is 25.7. The van der Waals surface area contributed by atoms with Crippen molar-refractivity contribution in [3.8, 4) is 0 Å². The lowest BCUT2D eigenvalue weighted by atomic mass is 10.0. The molecule has 2 aromatic rings. The number of rotatable bonds is 5. The molecule has 3 rings (SSSR count). The van der Waals surface area contributed by atoms with Crippen molar-refractivity contribution < 1.29 is 18.0 Å². The standard InChI is InChI=1S/C21H23Cl2N3O4S/c1-13-3-4-16(11-20(13)23)25-31(29,30)17-5-6-19(22)18(12-17)21(28)26-9-7-15(8-10-26)24-14(2)27/h3-6,11-12,15,25H,7-10H2,1-2H3,(H,24,27). The second-order valence-electron chi connectivity index (χ2n) is 7.48. The first kappa shape index (κ1) is 23.4. The Morgan fingerprint density at radius 1 is 1.03 bits per heavy atom. The zero-order chi connectivity index (χ0) is 22.8. The molecule has 2 aromatic carbocycles. The van der Waals surface area contributed by atoms with Crippen molar-refractivity contribution >= 4 is 50.7 Å². The van der Waals surface area contributed by atoms with E-state index in [4.69, 9.17) is 23.2 Å². The lowest BCUT2D eigenvalue weighted by Gasteiger charge is -2.32. The molecule has 2 amide bonds. The second kappa shape index (κ2) is 9.46. The van der Waals surface area contributed by atoms with Gasteiger partial charge in [0.2, 0.25) is 5.91 Å². The van der Waals surface area contributed by atoms with Gasteiger partial charge >= 0.3 is 0 Å². The van der Waals surface area contributed by atoms with Gasteiger partial charge in [0, 0.05) is 31.1 Å². The highest BCUT2D eigenvalue weighted by molar-refractivity contribution is 7.92. The maximum absolute atomic E-state index is 13.0. The number of nitrogens with zero attached hydrogens (tertiary/aromatic N) is 1. The Morgan fingerprint density at radius 3 is 2.32 bits per heavy atom. The highest BCUT2D eigenvalue weighted by Crippen LogP contribution is 2.26. The minimum absolute atomic E-state index is 0.0225. The predicted molar refractivity (Wildman–Crippen MR) is 121 cm³/mol. The summed E-state index contributed by atoms with van der Waals surface area (Å²) in [6.45, 7) is 4.16. The lowest BCUT2D eigenvalue weighted by Crippen LogP contribution is -2.46. The number of nitrogens with one attached hydrogen (secondary N) is 2. The van der Waals surface area contributed by atoms with Crippen LogP contribution in [-0.4, -0.2) is 44.3 Å². The molecule has 166 valence electrons. The summed E-state index contributed by atoms with van der Waals surface area (Å²) >= 11 is 12.3. The Labute approximate surface area is 191 Å². The molecular formula is C21H23Cl2N3O4S. The fraction of sp³-hybridized carbons (Fsp3) is 0.333. The number of likely N-dealkylation sites (tertiary alicyclic amines) is 1. The van der Waals surface area contributed by atoms with E-state index in [2.05, 4.69) is 10.0 Å². The summed E-state index contributed by atoms with van der Waals surface area (Å²) in [6, 6.07) is 8.89. The van der Waals surface area contributed by atoms with Crippen LogP contribution in [0.1, 0.15) is 35.7 Å². The van der Waals surface area contributed by atoms with Gasteiger partial charge in [-0.25, -0.2) is 8.42 Å². The van der Waals surface area contributed by atoms with Gasteiger partial charge in [0.05, 0.1) is 21.2 Å².